The highest BCUT2D eigenvalue weighted by Gasteiger charge is 2.47. The number of amides is 3. The standard InChI is InChI=1S/C21H19N3O5/c1-29-18(26)10-11-22-17(25)12-23-19-13-6-2-3-7-14(13)21(28)24(19)16-9-5-4-8-15(16)20(23)27/h2-9,19H,10-12H2,1H3,(H,22,25)/t19-/m0/s1. The number of carbonyl (C=O) groups is 4. The molecule has 2 aromatic rings. The molecule has 2 aliphatic rings. The SMILES string of the molecule is COC(=O)CCNC(=O)CN1C(=O)c2ccccc2N2C(=O)c3ccccc3[C@@H]12. The lowest BCUT2D eigenvalue weighted by Gasteiger charge is -2.40. The number of hydrogen-bond donors (Lipinski definition) is 1. The van der Waals surface area contributed by atoms with Gasteiger partial charge in [0.25, 0.3) is 11.8 Å². The number of hydrogen-bond acceptors (Lipinski definition) is 5. The van der Waals surface area contributed by atoms with Crippen LogP contribution in [0, 0.1) is 0 Å². The topological polar surface area (TPSA) is 96.0 Å². The predicted molar refractivity (Wildman–Crippen MR) is 103 cm³/mol. The molecule has 1 N–H and O–H groups in total. The summed E-state index contributed by atoms with van der Waals surface area (Å²) < 4.78 is 4.55. The minimum Gasteiger partial charge on any atom is -0.469 e. The lowest BCUT2D eigenvalue weighted by atomic mass is 10.0. The summed E-state index contributed by atoms with van der Waals surface area (Å²) in [6.45, 7) is -0.134. The van der Waals surface area contributed by atoms with Gasteiger partial charge in [0.05, 0.1) is 24.8 Å². The fraction of sp³-hybridized carbons (Fsp3) is 0.238. The van der Waals surface area contributed by atoms with Crippen LogP contribution in [-0.4, -0.2) is 48.8 Å². The van der Waals surface area contributed by atoms with Gasteiger partial charge in [-0.15, -0.1) is 0 Å². The van der Waals surface area contributed by atoms with Crippen molar-refractivity contribution in [3.8, 4) is 0 Å². The summed E-state index contributed by atoms with van der Waals surface area (Å²) in [5.74, 6) is -1.38. The van der Waals surface area contributed by atoms with Gasteiger partial charge >= 0.3 is 5.97 Å². The maximum Gasteiger partial charge on any atom is 0.307 e. The van der Waals surface area contributed by atoms with Crippen molar-refractivity contribution < 1.29 is 23.9 Å². The van der Waals surface area contributed by atoms with E-state index in [1.165, 1.54) is 12.0 Å². The first kappa shape index (κ1) is 18.7. The van der Waals surface area contributed by atoms with Gasteiger partial charge in [0.1, 0.15) is 12.7 Å². The van der Waals surface area contributed by atoms with Gasteiger partial charge in [-0.3, -0.25) is 24.1 Å². The van der Waals surface area contributed by atoms with Gasteiger partial charge in [0, 0.05) is 17.7 Å². The average Bonchev–Trinajstić information content (AvgIpc) is 3.04. The maximum absolute atomic E-state index is 13.2. The number of esters is 1. The first-order chi connectivity index (χ1) is 14.0. The number of anilines is 1. The lowest BCUT2D eigenvalue weighted by Crippen LogP contribution is -2.51. The van der Waals surface area contributed by atoms with E-state index in [2.05, 4.69) is 10.1 Å². The molecule has 8 heteroatoms. The van der Waals surface area contributed by atoms with Crippen LogP contribution in [-0.2, 0) is 14.3 Å². The zero-order chi connectivity index (χ0) is 20.5. The number of benzene rings is 2. The fourth-order valence-corrected chi connectivity index (χ4v) is 3.75. The van der Waals surface area contributed by atoms with Crippen LogP contribution in [0.15, 0.2) is 48.5 Å². The second-order valence-electron chi connectivity index (χ2n) is 6.76. The van der Waals surface area contributed by atoms with Gasteiger partial charge in [0.15, 0.2) is 0 Å². The molecule has 0 unspecified atom stereocenters. The highest BCUT2D eigenvalue weighted by atomic mass is 16.5. The van der Waals surface area contributed by atoms with Crippen LogP contribution in [0.1, 0.15) is 38.9 Å². The highest BCUT2D eigenvalue weighted by molar-refractivity contribution is 6.17. The predicted octanol–water partition coefficient (Wildman–Crippen LogP) is 1.48. The molecular weight excluding hydrogens is 374 g/mol. The molecule has 0 fully saturated rings. The molecule has 0 bridgehead atoms. The van der Waals surface area contributed by atoms with Crippen LogP contribution in [0.4, 0.5) is 5.69 Å². The Hall–Kier alpha value is -3.68. The molecule has 2 aliphatic heterocycles. The number of rotatable bonds is 5. The van der Waals surface area contributed by atoms with Crippen LogP contribution in [0.2, 0.25) is 0 Å². The van der Waals surface area contributed by atoms with E-state index in [1.807, 2.05) is 0 Å². The summed E-state index contributed by atoms with van der Waals surface area (Å²) in [4.78, 5) is 52.8. The number of methoxy groups -OCH3 is 1. The van der Waals surface area contributed by atoms with Crippen molar-refractivity contribution in [2.75, 3.05) is 25.1 Å². The quantitative estimate of drug-likeness (QED) is 0.777. The van der Waals surface area contributed by atoms with E-state index in [9.17, 15) is 19.2 Å². The number of ether oxygens (including phenoxy) is 1. The second kappa shape index (κ2) is 7.38. The Balaban J connectivity index is 1.65. The Labute approximate surface area is 167 Å². The molecule has 0 aliphatic carbocycles. The normalized spacial score (nSPS) is 16.8. The van der Waals surface area contributed by atoms with Crippen molar-refractivity contribution in [2.45, 2.75) is 12.6 Å². The zero-order valence-electron chi connectivity index (χ0n) is 15.8. The molecule has 0 saturated heterocycles. The van der Waals surface area contributed by atoms with Crippen molar-refractivity contribution >= 4 is 29.4 Å². The van der Waals surface area contributed by atoms with Crippen molar-refractivity contribution in [3.05, 3.63) is 65.2 Å². The lowest BCUT2D eigenvalue weighted by molar-refractivity contribution is -0.140. The molecule has 1 atom stereocenters. The Kier molecular flexibility index (Phi) is 4.75. The summed E-state index contributed by atoms with van der Waals surface area (Å²) in [5, 5.41) is 2.62. The smallest absolute Gasteiger partial charge is 0.307 e. The van der Waals surface area contributed by atoms with Gasteiger partial charge in [0.2, 0.25) is 5.91 Å². The molecule has 2 aromatic carbocycles. The third-order valence-corrected chi connectivity index (χ3v) is 5.08. The Morgan fingerprint density at radius 2 is 1.69 bits per heavy atom. The number of fused-ring (bicyclic) bond motifs is 5. The van der Waals surface area contributed by atoms with Crippen molar-refractivity contribution in [1.29, 1.82) is 0 Å². The first-order valence-electron chi connectivity index (χ1n) is 9.19. The molecule has 2 heterocycles. The van der Waals surface area contributed by atoms with Crippen LogP contribution in [0.25, 0.3) is 0 Å². The largest absolute Gasteiger partial charge is 0.469 e. The molecule has 148 valence electrons. The molecule has 0 saturated carbocycles. The minimum atomic E-state index is -0.688. The summed E-state index contributed by atoms with van der Waals surface area (Å²) in [5.41, 5.74) is 2.10. The Morgan fingerprint density at radius 1 is 1.00 bits per heavy atom. The Morgan fingerprint density at radius 3 is 2.45 bits per heavy atom. The number of nitrogens with one attached hydrogen (secondary N) is 1. The maximum atomic E-state index is 13.2. The van der Waals surface area contributed by atoms with Crippen LogP contribution in [0.5, 0.6) is 0 Å². The van der Waals surface area contributed by atoms with Gasteiger partial charge in [-0.25, -0.2) is 0 Å². The number of nitrogens with zero attached hydrogens (tertiary/aromatic N) is 2. The second-order valence-corrected chi connectivity index (χ2v) is 6.76. The van der Waals surface area contributed by atoms with E-state index >= 15 is 0 Å². The first-order valence-corrected chi connectivity index (χ1v) is 9.19. The molecule has 0 spiro atoms. The molecule has 0 radical (unpaired) electrons. The summed E-state index contributed by atoms with van der Waals surface area (Å²) in [7, 11) is 1.27. The third kappa shape index (κ3) is 3.12. The van der Waals surface area contributed by atoms with E-state index < -0.39 is 18.0 Å². The van der Waals surface area contributed by atoms with Crippen LogP contribution >= 0.6 is 0 Å². The summed E-state index contributed by atoms with van der Waals surface area (Å²) in [6.07, 6.45) is -0.650. The Bertz CT molecular complexity index is 1020. The van der Waals surface area contributed by atoms with Crippen molar-refractivity contribution in [1.82, 2.24) is 10.2 Å². The van der Waals surface area contributed by atoms with E-state index in [4.69, 9.17) is 0 Å². The molecule has 3 amide bonds. The van der Waals surface area contributed by atoms with E-state index in [1.54, 1.807) is 53.4 Å². The average molecular weight is 393 g/mol. The third-order valence-electron chi connectivity index (χ3n) is 5.08. The van der Waals surface area contributed by atoms with Crippen LogP contribution < -0.4 is 10.2 Å². The summed E-state index contributed by atoms with van der Waals surface area (Å²) >= 11 is 0. The van der Waals surface area contributed by atoms with Gasteiger partial charge in [-0.2, -0.15) is 0 Å². The van der Waals surface area contributed by atoms with Gasteiger partial charge in [-0.05, 0) is 18.2 Å². The highest BCUT2D eigenvalue weighted by Crippen LogP contribution is 2.44. The molecule has 8 nitrogen and oxygen atoms in total. The molecule has 4 rings (SSSR count). The molecule has 0 aromatic heterocycles. The number of para-hydroxylation sites is 1. The van der Waals surface area contributed by atoms with E-state index in [0.717, 1.165) is 0 Å². The fourth-order valence-electron chi connectivity index (χ4n) is 3.75. The molecule has 29 heavy (non-hydrogen) atoms. The van der Waals surface area contributed by atoms with Gasteiger partial charge in [-0.1, -0.05) is 30.3 Å². The van der Waals surface area contributed by atoms with Crippen molar-refractivity contribution in [3.63, 3.8) is 0 Å². The van der Waals surface area contributed by atoms with Crippen molar-refractivity contribution in [2.24, 2.45) is 0 Å². The van der Waals surface area contributed by atoms with E-state index in [0.29, 0.717) is 22.4 Å². The van der Waals surface area contributed by atoms with Crippen LogP contribution in [0.3, 0.4) is 0 Å². The van der Waals surface area contributed by atoms with E-state index in [-0.39, 0.29) is 31.3 Å². The summed E-state index contributed by atoms with van der Waals surface area (Å²) in [6, 6.07) is 14.0. The number of carbonyl (C=O) groups excluding carboxylic acids is 4. The monoisotopic (exact) mass is 393 g/mol. The molecular formula is C21H19N3O5. The van der Waals surface area contributed by atoms with Gasteiger partial charge < -0.3 is 15.0 Å². The zero-order valence-corrected chi connectivity index (χ0v) is 15.8. The minimum absolute atomic E-state index is 0.0376.